The molecule has 1 atom stereocenters. The molecule has 1 fully saturated rings. The Morgan fingerprint density at radius 2 is 2.10 bits per heavy atom. The average Bonchev–Trinajstić information content (AvgIpc) is 2.47. The van der Waals surface area contributed by atoms with Crippen LogP contribution >= 0.6 is 11.6 Å². The molecule has 0 aliphatic carbocycles. The van der Waals surface area contributed by atoms with E-state index in [4.69, 9.17) is 16.7 Å². The Bertz CT molecular complexity index is 450. The van der Waals surface area contributed by atoms with Crippen molar-refractivity contribution < 1.29 is 9.50 Å². The van der Waals surface area contributed by atoms with Crippen molar-refractivity contribution in [3.05, 3.63) is 34.1 Å². The Kier molecular flexibility index (Phi) is 5.78. The number of aliphatic hydroxyl groups is 1. The highest BCUT2D eigenvalue weighted by molar-refractivity contribution is 6.32. The lowest BCUT2D eigenvalue weighted by atomic mass is 9.97. The van der Waals surface area contributed by atoms with Crippen LogP contribution < -0.4 is 5.32 Å². The first kappa shape index (κ1) is 15.7. The topological polar surface area (TPSA) is 35.5 Å². The molecule has 1 aliphatic rings. The summed E-state index contributed by atoms with van der Waals surface area (Å²) < 4.78 is 14.3. The molecular weight excluding hydrogens is 279 g/mol. The second-order valence-electron chi connectivity index (χ2n) is 5.26. The lowest BCUT2D eigenvalue weighted by Crippen LogP contribution is -2.45. The van der Waals surface area contributed by atoms with Crippen LogP contribution in [0.1, 0.15) is 30.0 Å². The molecule has 3 nitrogen and oxygen atoms in total. The van der Waals surface area contributed by atoms with Gasteiger partial charge in [0.1, 0.15) is 5.82 Å². The molecule has 1 aromatic rings. The summed E-state index contributed by atoms with van der Waals surface area (Å²) >= 11 is 6.35. The number of nitrogens with zero attached hydrogens (tertiary/aromatic N) is 1. The second-order valence-corrected chi connectivity index (χ2v) is 5.64. The Labute approximate surface area is 124 Å². The van der Waals surface area contributed by atoms with Crippen molar-refractivity contribution in [2.24, 2.45) is 0 Å². The van der Waals surface area contributed by atoms with Crippen LogP contribution in [0.5, 0.6) is 0 Å². The van der Waals surface area contributed by atoms with E-state index in [1.54, 1.807) is 6.07 Å². The fraction of sp³-hybridized carbons (Fsp3) is 0.600. The van der Waals surface area contributed by atoms with Gasteiger partial charge in [-0.15, -0.1) is 0 Å². The van der Waals surface area contributed by atoms with Gasteiger partial charge in [0.05, 0.1) is 5.02 Å². The van der Waals surface area contributed by atoms with Crippen LogP contribution in [0.25, 0.3) is 0 Å². The number of benzene rings is 1. The molecule has 2 rings (SSSR count). The minimum absolute atomic E-state index is 0.0587. The summed E-state index contributed by atoms with van der Waals surface area (Å²) in [6, 6.07) is 3.14. The number of hydrogen-bond donors (Lipinski definition) is 2. The van der Waals surface area contributed by atoms with E-state index in [0.29, 0.717) is 17.0 Å². The van der Waals surface area contributed by atoms with Crippen LogP contribution in [-0.4, -0.2) is 42.8 Å². The van der Waals surface area contributed by atoms with Gasteiger partial charge in [-0.05, 0) is 31.4 Å². The first-order valence-electron chi connectivity index (χ1n) is 7.15. The smallest absolute Gasteiger partial charge is 0.129 e. The van der Waals surface area contributed by atoms with E-state index < -0.39 is 0 Å². The Morgan fingerprint density at radius 3 is 2.75 bits per heavy atom. The molecule has 0 spiro atoms. The molecule has 0 radical (unpaired) electrons. The summed E-state index contributed by atoms with van der Waals surface area (Å²) in [5, 5.41) is 12.9. The lowest BCUT2D eigenvalue weighted by Gasteiger charge is -2.36. The highest BCUT2D eigenvalue weighted by Gasteiger charge is 2.26. The molecule has 112 valence electrons. The maximum absolute atomic E-state index is 14.3. The third-order valence-electron chi connectivity index (χ3n) is 3.88. The Morgan fingerprint density at radius 1 is 1.40 bits per heavy atom. The monoisotopic (exact) mass is 300 g/mol. The van der Waals surface area contributed by atoms with E-state index in [-0.39, 0.29) is 18.5 Å². The van der Waals surface area contributed by atoms with Crippen molar-refractivity contribution in [1.29, 1.82) is 0 Å². The molecule has 1 heterocycles. The summed E-state index contributed by atoms with van der Waals surface area (Å²) in [5.41, 5.74) is 1.48. The molecular formula is C15H22ClFN2O. The van der Waals surface area contributed by atoms with E-state index in [1.807, 2.05) is 6.92 Å². The van der Waals surface area contributed by atoms with E-state index >= 15 is 0 Å². The summed E-state index contributed by atoms with van der Waals surface area (Å²) in [7, 11) is 0. The van der Waals surface area contributed by atoms with E-state index in [0.717, 1.165) is 38.2 Å². The van der Waals surface area contributed by atoms with E-state index in [9.17, 15) is 4.39 Å². The van der Waals surface area contributed by atoms with Crippen molar-refractivity contribution in [2.45, 2.75) is 25.8 Å². The number of aliphatic hydroxyl groups excluding tert-OH is 1. The fourth-order valence-corrected chi connectivity index (χ4v) is 3.05. The standard InChI is InChI=1S/C15H22ClFN2O/c1-11-4-5-12(17)14(15(11)16)13(3-2-10-20)19-8-6-18-7-9-19/h4-5,13,18,20H,2-3,6-10H2,1H3/t13-/m0/s1. The summed E-state index contributed by atoms with van der Waals surface area (Å²) in [6.45, 7) is 5.57. The van der Waals surface area contributed by atoms with Crippen molar-refractivity contribution in [2.75, 3.05) is 32.8 Å². The van der Waals surface area contributed by atoms with Crippen molar-refractivity contribution >= 4 is 11.6 Å². The third-order valence-corrected chi connectivity index (χ3v) is 4.38. The number of piperazine rings is 1. The van der Waals surface area contributed by atoms with Gasteiger partial charge in [0.25, 0.3) is 0 Å². The number of rotatable bonds is 5. The molecule has 1 saturated heterocycles. The highest BCUT2D eigenvalue weighted by Crippen LogP contribution is 2.35. The molecule has 0 unspecified atom stereocenters. The van der Waals surface area contributed by atoms with E-state index in [2.05, 4.69) is 10.2 Å². The molecule has 0 amide bonds. The zero-order valence-electron chi connectivity index (χ0n) is 11.8. The van der Waals surface area contributed by atoms with Crippen LogP contribution in [0, 0.1) is 12.7 Å². The zero-order valence-corrected chi connectivity index (χ0v) is 12.6. The second kappa shape index (κ2) is 7.36. The van der Waals surface area contributed by atoms with Crippen LogP contribution in [0.4, 0.5) is 4.39 Å². The highest BCUT2D eigenvalue weighted by atomic mass is 35.5. The van der Waals surface area contributed by atoms with E-state index in [1.165, 1.54) is 6.07 Å². The summed E-state index contributed by atoms with van der Waals surface area (Å²) in [4.78, 5) is 2.26. The predicted octanol–water partition coefficient (Wildman–Crippen LogP) is 2.51. The maximum Gasteiger partial charge on any atom is 0.129 e. The van der Waals surface area contributed by atoms with Crippen molar-refractivity contribution in [3.63, 3.8) is 0 Å². The predicted molar refractivity (Wildman–Crippen MR) is 79.7 cm³/mol. The zero-order chi connectivity index (χ0) is 14.5. The van der Waals surface area contributed by atoms with Gasteiger partial charge >= 0.3 is 0 Å². The molecule has 20 heavy (non-hydrogen) atoms. The Balaban J connectivity index is 2.32. The van der Waals surface area contributed by atoms with Crippen LogP contribution in [0.3, 0.4) is 0 Å². The largest absolute Gasteiger partial charge is 0.396 e. The molecule has 0 saturated carbocycles. The Hall–Kier alpha value is -0.680. The normalized spacial score (nSPS) is 18.2. The fourth-order valence-electron chi connectivity index (χ4n) is 2.77. The van der Waals surface area contributed by atoms with Gasteiger partial charge in [0.2, 0.25) is 0 Å². The number of hydrogen-bond acceptors (Lipinski definition) is 3. The SMILES string of the molecule is Cc1ccc(F)c([C@H](CCCO)N2CCNCC2)c1Cl. The minimum atomic E-state index is -0.248. The summed E-state index contributed by atoms with van der Waals surface area (Å²) in [5.74, 6) is -0.248. The van der Waals surface area contributed by atoms with Crippen LogP contribution in [0.2, 0.25) is 5.02 Å². The molecule has 2 N–H and O–H groups in total. The molecule has 1 aromatic carbocycles. The number of aryl methyl sites for hydroxylation is 1. The lowest BCUT2D eigenvalue weighted by molar-refractivity contribution is 0.152. The maximum atomic E-state index is 14.3. The van der Waals surface area contributed by atoms with Gasteiger partial charge in [0.15, 0.2) is 0 Å². The van der Waals surface area contributed by atoms with Gasteiger partial charge in [-0.1, -0.05) is 17.7 Å². The molecule has 0 aromatic heterocycles. The van der Waals surface area contributed by atoms with Crippen LogP contribution in [-0.2, 0) is 0 Å². The van der Waals surface area contributed by atoms with Crippen molar-refractivity contribution in [1.82, 2.24) is 10.2 Å². The number of nitrogens with one attached hydrogen (secondary N) is 1. The van der Waals surface area contributed by atoms with Gasteiger partial charge in [0, 0.05) is 44.4 Å². The number of halogens is 2. The van der Waals surface area contributed by atoms with Gasteiger partial charge < -0.3 is 10.4 Å². The van der Waals surface area contributed by atoms with Gasteiger partial charge in [-0.25, -0.2) is 4.39 Å². The summed E-state index contributed by atoms with van der Waals surface area (Å²) in [6.07, 6.45) is 1.37. The molecule has 1 aliphatic heterocycles. The first-order valence-corrected chi connectivity index (χ1v) is 7.53. The first-order chi connectivity index (χ1) is 9.65. The third kappa shape index (κ3) is 3.50. The average molecular weight is 301 g/mol. The quantitative estimate of drug-likeness (QED) is 0.877. The van der Waals surface area contributed by atoms with Gasteiger partial charge in [-0.3, -0.25) is 4.90 Å². The van der Waals surface area contributed by atoms with Crippen molar-refractivity contribution in [3.8, 4) is 0 Å². The minimum Gasteiger partial charge on any atom is -0.396 e. The molecule has 0 bridgehead atoms. The molecule has 5 heteroatoms. The van der Waals surface area contributed by atoms with Gasteiger partial charge in [-0.2, -0.15) is 0 Å². The van der Waals surface area contributed by atoms with Crippen LogP contribution in [0.15, 0.2) is 12.1 Å².